The molecule has 0 amide bonds. The van der Waals surface area contributed by atoms with E-state index in [0.717, 1.165) is 25.2 Å². The minimum atomic E-state index is -0.559. The van der Waals surface area contributed by atoms with Crippen molar-refractivity contribution in [3.8, 4) is 0 Å². The Morgan fingerprint density at radius 3 is 2.91 bits per heavy atom. The number of nitrogens with one attached hydrogen (secondary N) is 2. The second kappa shape index (κ2) is 9.67. The van der Waals surface area contributed by atoms with E-state index in [1.807, 2.05) is 12.1 Å². The van der Waals surface area contributed by atoms with Gasteiger partial charge in [0.15, 0.2) is 0 Å². The van der Waals surface area contributed by atoms with Gasteiger partial charge in [0, 0.05) is 30.4 Å². The molecular weight excluding hydrogens is 343 g/mol. The highest BCUT2D eigenvalue weighted by Gasteiger charge is 2.14. The van der Waals surface area contributed by atoms with Crippen LogP contribution in [0.4, 0.5) is 0 Å². The van der Waals surface area contributed by atoms with E-state index in [0.29, 0.717) is 19.3 Å². The molecule has 2 unspecified atom stereocenters. The number of halogens is 2. The standard InChI is InChI=1S/C15H20N2O2S.2ClH/c18-14(10-19-9-13-8-16-4-5-17-13)11-1-2-15-12(7-11)3-6-20-15;;/h1-3,6-7,13-14,16-18H,4-5,8-10H2;2*1H. The Hall–Kier alpha value is -0.400. The molecule has 0 saturated carbocycles. The zero-order chi connectivity index (χ0) is 13.8. The van der Waals surface area contributed by atoms with Crippen molar-refractivity contribution in [2.45, 2.75) is 12.1 Å². The lowest BCUT2D eigenvalue weighted by Gasteiger charge is -2.24. The second-order valence-electron chi connectivity index (χ2n) is 5.13. The zero-order valence-corrected chi connectivity index (χ0v) is 14.6. The van der Waals surface area contributed by atoms with Crippen LogP contribution in [0.3, 0.4) is 0 Å². The van der Waals surface area contributed by atoms with Gasteiger partial charge in [-0.05, 0) is 34.5 Å². The molecule has 1 saturated heterocycles. The predicted molar refractivity (Wildman–Crippen MR) is 96.8 cm³/mol. The van der Waals surface area contributed by atoms with Crippen LogP contribution in [0.2, 0.25) is 0 Å². The normalized spacial score (nSPS) is 19.2. The first-order valence-electron chi connectivity index (χ1n) is 7.00. The van der Waals surface area contributed by atoms with Crippen LogP contribution in [0, 0.1) is 0 Å². The van der Waals surface area contributed by atoms with E-state index in [4.69, 9.17) is 4.74 Å². The van der Waals surface area contributed by atoms with Gasteiger partial charge in [-0.2, -0.15) is 0 Å². The molecule has 124 valence electrons. The third kappa shape index (κ3) is 5.06. The number of ether oxygens (including phenoxy) is 1. The van der Waals surface area contributed by atoms with Gasteiger partial charge in [-0.3, -0.25) is 0 Å². The highest BCUT2D eigenvalue weighted by molar-refractivity contribution is 7.17. The van der Waals surface area contributed by atoms with Gasteiger partial charge < -0.3 is 20.5 Å². The number of fused-ring (bicyclic) bond motifs is 1. The van der Waals surface area contributed by atoms with Crippen molar-refractivity contribution in [3.63, 3.8) is 0 Å². The minimum absolute atomic E-state index is 0. The van der Waals surface area contributed by atoms with Crippen molar-refractivity contribution in [1.29, 1.82) is 0 Å². The molecule has 1 aromatic carbocycles. The third-order valence-electron chi connectivity index (χ3n) is 3.58. The summed E-state index contributed by atoms with van der Waals surface area (Å²) in [6, 6.07) is 8.50. The lowest BCUT2D eigenvalue weighted by Crippen LogP contribution is -2.50. The molecule has 2 heterocycles. The van der Waals surface area contributed by atoms with Gasteiger partial charge in [-0.1, -0.05) is 6.07 Å². The molecule has 1 aromatic heterocycles. The average Bonchev–Trinajstić information content (AvgIpc) is 2.95. The molecule has 0 bridgehead atoms. The van der Waals surface area contributed by atoms with E-state index in [-0.39, 0.29) is 24.8 Å². The number of benzene rings is 1. The summed E-state index contributed by atoms with van der Waals surface area (Å²) in [5.74, 6) is 0. The first kappa shape index (κ1) is 19.6. The molecule has 2 aromatic rings. The van der Waals surface area contributed by atoms with Gasteiger partial charge in [0.25, 0.3) is 0 Å². The van der Waals surface area contributed by atoms with E-state index in [1.54, 1.807) is 11.3 Å². The van der Waals surface area contributed by atoms with E-state index >= 15 is 0 Å². The number of hydrogen-bond donors (Lipinski definition) is 3. The topological polar surface area (TPSA) is 53.5 Å². The molecule has 1 aliphatic rings. The molecule has 0 spiro atoms. The van der Waals surface area contributed by atoms with Crippen LogP contribution in [-0.2, 0) is 4.74 Å². The van der Waals surface area contributed by atoms with Crippen LogP contribution >= 0.6 is 36.2 Å². The summed E-state index contributed by atoms with van der Waals surface area (Å²) in [5, 5.41) is 20.1. The van der Waals surface area contributed by atoms with Gasteiger partial charge in [0.1, 0.15) is 6.10 Å². The molecule has 2 atom stereocenters. The molecule has 1 fully saturated rings. The lowest BCUT2D eigenvalue weighted by molar-refractivity contribution is 0.0252. The summed E-state index contributed by atoms with van der Waals surface area (Å²) < 4.78 is 6.88. The third-order valence-corrected chi connectivity index (χ3v) is 4.48. The average molecular weight is 365 g/mol. The Labute approximate surface area is 147 Å². The van der Waals surface area contributed by atoms with Crippen molar-refractivity contribution in [2.75, 3.05) is 32.8 Å². The first-order chi connectivity index (χ1) is 9.83. The Kier molecular flexibility index (Phi) is 8.64. The highest BCUT2D eigenvalue weighted by atomic mass is 35.5. The highest BCUT2D eigenvalue weighted by Crippen LogP contribution is 2.24. The van der Waals surface area contributed by atoms with Gasteiger partial charge in [0.05, 0.1) is 13.2 Å². The maximum absolute atomic E-state index is 10.2. The SMILES string of the molecule is Cl.Cl.OC(COCC1CNCCN1)c1ccc2sccc2c1. The number of aliphatic hydroxyl groups is 1. The Bertz CT molecular complexity index is 561. The monoisotopic (exact) mass is 364 g/mol. The zero-order valence-electron chi connectivity index (χ0n) is 12.2. The van der Waals surface area contributed by atoms with Gasteiger partial charge >= 0.3 is 0 Å². The molecule has 1 aliphatic heterocycles. The van der Waals surface area contributed by atoms with Gasteiger partial charge in [-0.15, -0.1) is 36.2 Å². The largest absolute Gasteiger partial charge is 0.386 e. The smallest absolute Gasteiger partial charge is 0.102 e. The van der Waals surface area contributed by atoms with Crippen molar-refractivity contribution < 1.29 is 9.84 Å². The van der Waals surface area contributed by atoms with Crippen LogP contribution in [0.25, 0.3) is 10.1 Å². The summed E-state index contributed by atoms with van der Waals surface area (Å²) in [7, 11) is 0. The van der Waals surface area contributed by atoms with Crippen molar-refractivity contribution in [2.24, 2.45) is 0 Å². The summed E-state index contributed by atoms with van der Waals surface area (Å²) in [6.45, 7) is 3.89. The lowest BCUT2D eigenvalue weighted by atomic mass is 10.1. The molecule has 3 rings (SSSR count). The number of rotatable bonds is 5. The van der Waals surface area contributed by atoms with Crippen molar-refractivity contribution in [3.05, 3.63) is 35.2 Å². The Morgan fingerprint density at radius 2 is 2.14 bits per heavy atom. The van der Waals surface area contributed by atoms with Crippen LogP contribution in [0.5, 0.6) is 0 Å². The predicted octanol–water partition coefficient (Wildman–Crippen LogP) is 2.36. The maximum atomic E-state index is 10.2. The molecule has 4 nitrogen and oxygen atoms in total. The summed E-state index contributed by atoms with van der Waals surface area (Å²) in [4.78, 5) is 0. The fourth-order valence-electron chi connectivity index (χ4n) is 2.44. The molecular formula is C15H22Cl2N2O2S. The van der Waals surface area contributed by atoms with Gasteiger partial charge in [-0.25, -0.2) is 0 Å². The summed E-state index contributed by atoms with van der Waals surface area (Å²) >= 11 is 1.72. The fourth-order valence-corrected chi connectivity index (χ4v) is 3.21. The molecule has 0 radical (unpaired) electrons. The van der Waals surface area contributed by atoms with Crippen LogP contribution in [-0.4, -0.2) is 44.0 Å². The number of aliphatic hydroxyl groups excluding tert-OH is 1. The van der Waals surface area contributed by atoms with Crippen molar-refractivity contribution >= 4 is 46.2 Å². The van der Waals surface area contributed by atoms with Crippen LogP contribution in [0.15, 0.2) is 29.6 Å². The van der Waals surface area contributed by atoms with E-state index in [1.165, 1.54) is 10.1 Å². The van der Waals surface area contributed by atoms with E-state index in [2.05, 4.69) is 28.1 Å². The first-order valence-corrected chi connectivity index (χ1v) is 7.88. The second-order valence-corrected chi connectivity index (χ2v) is 6.07. The van der Waals surface area contributed by atoms with Gasteiger partial charge in [0.2, 0.25) is 0 Å². The van der Waals surface area contributed by atoms with E-state index < -0.39 is 6.10 Å². The summed E-state index contributed by atoms with van der Waals surface area (Å²) in [6.07, 6.45) is -0.559. The Morgan fingerprint density at radius 1 is 1.27 bits per heavy atom. The molecule has 7 heteroatoms. The van der Waals surface area contributed by atoms with Crippen LogP contribution < -0.4 is 10.6 Å². The van der Waals surface area contributed by atoms with Crippen LogP contribution in [0.1, 0.15) is 11.7 Å². The Balaban J connectivity index is 0.00000121. The molecule has 0 aliphatic carbocycles. The quantitative estimate of drug-likeness (QED) is 0.762. The maximum Gasteiger partial charge on any atom is 0.102 e. The van der Waals surface area contributed by atoms with E-state index in [9.17, 15) is 5.11 Å². The number of piperazine rings is 1. The fraction of sp³-hybridized carbons (Fsp3) is 0.467. The van der Waals surface area contributed by atoms with Crippen molar-refractivity contribution in [1.82, 2.24) is 10.6 Å². The number of thiophene rings is 1. The number of hydrogen-bond acceptors (Lipinski definition) is 5. The summed E-state index contributed by atoms with van der Waals surface area (Å²) in [5.41, 5.74) is 0.922. The minimum Gasteiger partial charge on any atom is -0.386 e. The molecule has 3 N–H and O–H groups in total. The molecule has 22 heavy (non-hydrogen) atoms.